The molecule has 0 saturated carbocycles. The molecule has 0 amide bonds. The molecule has 0 aliphatic carbocycles. The van der Waals surface area contributed by atoms with Gasteiger partial charge in [0.2, 0.25) is 0 Å². The Balaban J connectivity index is 2.24. The van der Waals surface area contributed by atoms with Crippen molar-refractivity contribution in [2.24, 2.45) is 0 Å². The van der Waals surface area contributed by atoms with Gasteiger partial charge in [0.15, 0.2) is 0 Å². The molecule has 0 radical (unpaired) electrons. The monoisotopic (exact) mass is 296 g/mol. The summed E-state index contributed by atoms with van der Waals surface area (Å²) in [4.78, 5) is 2.37. The molecule has 0 unspecified atom stereocenters. The molecular weight excluding hydrogens is 284 g/mol. The predicted octanol–water partition coefficient (Wildman–Crippen LogP) is 3.26. The highest BCUT2D eigenvalue weighted by Gasteiger charge is 2.11. The summed E-state index contributed by atoms with van der Waals surface area (Å²) in [6.07, 6.45) is 1.22. The SMILES string of the molecule is N#Cc1cc(Br)cc(N2CCCSCC2)c1. The van der Waals surface area contributed by atoms with E-state index in [9.17, 15) is 0 Å². The van der Waals surface area contributed by atoms with Crippen LogP contribution in [0.3, 0.4) is 0 Å². The van der Waals surface area contributed by atoms with Crippen LogP contribution in [0.2, 0.25) is 0 Å². The number of halogens is 1. The quantitative estimate of drug-likeness (QED) is 0.796. The topological polar surface area (TPSA) is 27.0 Å². The standard InChI is InChI=1S/C12H13BrN2S/c13-11-6-10(9-14)7-12(8-11)15-2-1-4-16-5-3-15/h6-8H,1-5H2. The first-order valence-electron chi connectivity index (χ1n) is 5.33. The number of thioether (sulfide) groups is 1. The van der Waals surface area contributed by atoms with Gasteiger partial charge in [0.25, 0.3) is 0 Å². The second kappa shape index (κ2) is 5.60. The molecule has 1 aliphatic heterocycles. The van der Waals surface area contributed by atoms with Crippen LogP contribution in [0, 0.1) is 11.3 Å². The highest BCUT2D eigenvalue weighted by atomic mass is 79.9. The normalized spacial score (nSPS) is 16.6. The lowest BCUT2D eigenvalue weighted by molar-refractivity contribution is 0.816. The molecular formula is C12H13BrN2S. The highest BCUT2D eigenvalue weighted by Crippen LogP contribution is 2.24. The first-order chi connectivity index (χ1) is 7.79. The van der Waals surface area contributed by atoms with Crippen molar-refractivity contribution in [1.29, 1.82) is 5.26 Å². The molecule has 84 valence electrons. The van der Waals surface area contributed by atoms with Crippen LogP contribution in [0.15, 0.2) is 22.7 Å². The van der Waals surface area contributed by atoms with E-state index >= 15 is 0 Å². The molecule has 0 bridgehead atoms. The maximum absolute atomic E-state index is 8.95. The van der Waals surface area contributed by atoms with Gasteiger partial charge in [-0.15, -0.1) is 0 Å². The third-order valence-electron chi connectivity index (χ3n) is 2.60. The number of nitriles is 1. The van der Waals surface area contributed by atoms with Crippen LogP contribution in [-0.4, -0.2) is 24.6 Å². The Hall–Kier alpha value is -0.660. The summed E-state index contributed by atoms with van der Waals surface area (Å²) in [5.41, 5.74) is 1.88. The van der Waals surface area contributed by atoms with Crippen LogP contribution in [-0.2, 0) is 0 Å². The maximum atomic E-state index is 8.95. The van der Waals surface area contributed by atoms with Gasteiger partial charge in [-0.2, -0.15) is 17.0 Å². The number of nitrogens with zero attached hydrogens (tertiary/aromatic N) is 2. The van der Waals surface area contributed by atoms with Crippen molar-refractivity contribution in [1.82, 2.24) is 0 Å². The van der Waals surface area contributed by atoms with Crippen molar-refractivity contribution in [3.63, 3.8) is 0 Å². The number of rotatable bonds is 1. The summed E-state index contributed by atoms with van der Waals surface area (Å²) in [7, 11) is 0. The van der Waals surface area contributed by atoms with Crippen molar-refractivity contribution in [3.8, 4) is 6.07 Å². The van der Waals surface area contributed by atoms with Gasteiger partial charge in [-0.25, -0.2) is 0 Å². The van der Waals surface area contributed by atoms with E-state index in [4.69, 9.17) is 5.26 Å². The predicted molar refractivity (Wildman–Crippen MR) is 73.0 cm³/mol. The number of benzene rings is 1. The summed E-state index contributed by atoms with van der Waals surface area (Å²) in [5.74, 6) is 2.42. The fraction of sp³-hybridized carbons (Fsp3) is 0.417. The average molecular weight is 297 g/mol. The Morgan fingerprint density at radius 1 is 1.25 bits per heavy atom. The molecule has 1 aromatic rings. The van der Waals surface area contributed by atoms with Gasteiger partial charge in [-0.3, -0.25) is 0 Å². The number of anilines is 1. The van der Waals surface area contributed by atoms with E-state index in [0.29, 0.717) is 0 Å². The zero-order valence-corrected chi connectivity index (χ0v) is 11.4. The fourth-order valence-corrected chi connectivity index (χ4v) is 3.19. The Morgan fingerprint density at radius 3 is 2.94 bits per heavy atom. The molecule has 0 N–H and O–H groups in total. The van der Waals surface area contributed by atoms with E-state index in [1.165, 1.54) is 17.9 Å². The molecule has 0 atom stereocenters. The lowest BCUT2D eigenvalue weighted by atomic mass is 10.2. The van der Waals surface area contributed by atoms with Crippen molar-refractivity contribution in [3.05, 3.63) is 28.2 Å². The van der Waals surface area contributed by atoms with Crippen molar-refractivity contribution < 1.29 is 0 Å². The lowest BCUT2D eigenvalue weighted by Crippen LogP contribution is -2.25. The van der Waals surface area contributed by atoms with E-state index in [1.54, 1.807) is 0 Å². The smallest absolute Gasteiger partial charge is 0.0992 e. The van der Waals surface area contributed by atoms with Crippen LogP contribution in [0.4, 0.5) is 5.69 Å². The second-order valence-electron chi connectivity index (χ2n) is 3.76. The summed E-state index contributed by atoms with van der Waals surface area (Å²) in [5, 5.41) is 8.95. The van der Waals surface area contributed by atoms with Gasteiger partial charge in [0.1, 0.15) is 0 Å². The molecule has 1 aromatic carbocycles. The molecule has 1 saturated heterocycles. The minimum absolute atomic E-state index is 0.723. The summed E-state index contributed by atoms with van der Waals surface area (Å²) in [6, 6.07) is 8.13. The van der Waals surface area contributed by atoms with Crippen LogP contribution in [0.25, 0.3) is 0 Å². The minimum atomic E-state index is 0.723. The Bertz CT molecular complexity index is 406. The first kappa shape index (κ1) is 11.8. The van der Waals surface area contributed by atoms with Gasteiger partial charge in [0.05, 0.1) is 11.6 Å². The molecule has 1 heterocycles. The molecule has 16 heavy (non-hydrogen) atoms. The number of hydrogen-bond donors (Lipinski definition) is 0. The van der Waals surface area contributed by atoms with Gasteiger partial charge in [-0.05, 0) is 30.4 Å². The molecule has 4 heteroatoms. The van der Waals surface area contributed by atoms with E-state index in [-0.39, 0.29) is 0 Å². The largest absolute Gasteiger partial charge is 0.371 e. The van der Waals surface area contributed by atoms with Crippen LogP contribution < -0.4 is 4.90 Å². The molecule has 1 fully saturated rings. The summed E-state index contributed by atoms with van der Waals surface area (Å²) in [6.45, 7) is 2.17. The van der Waals surface area contributed by atoms with Gasteiger partial charge in [0, 0.05) is 29.0 Å². The minimum Gasteiger partial charge on any atom is -0.371 e. The molecule has 2 nitrogen and oxygen atoms in total. The lowest BCUT2D eigenvalue weighted by Gasteiger charge is -2.22. The Kier molecular flexibility index (Phi) is 4.14. The van der Waals surface area contributed by atoms with Crippen molar-refractivity contribution in [2.45, 2.75) is 6.42 Å². The summed E-state index contributed by atoms with van der Waals surface area (Å²) >= 11 is 5.47. The van der Waals surface area contributed by atoms with E-state index < -0.39 is 0 Å². The molecule has 0 spiro atoms. The van der Waals surface area contributed by atoms with Gasteiger partial charge < -0.3 is 4.90 Å². The molecule has 0 aromatic heterocycles. The van der Waals surface area contributed by atoms with Crippen molar-refractivity contribution >= 4 is 33.4 Å². The average Bonchev–Trinajstić information content (AvgIpc) is 2.56. The van der Waals surface area contributed by atoms with Crippen LogP contribution in [0.5, 0.6) is 0 Å². The zero-order valence-electron chi connectivity index (χ0n) is 8.95. The second-order valence-corrected chi connectivity index (χ2v) is 5.90. The third kappa shape index (κ3) is 2.93. The van der Waals surface area contributed by atoms with Crippen molar-refractivity contribution in [2.75, 3.05) is 29.5 Å². The maximum Gasteiger partial charge on any atom is 0.0992 e. The highest BCUT2D eigenvalue weighted by molar-refractivity contribution is 9.10. The van der Waals surface area contributed by atoms with E-state index in [1.807, 2.05) is 23.9 Å². The molecule has 2 rings (SSSR count). The Labute approximate surface area is 109 Å². The van der Waals surface area contributed by atoms with E-state index in [2.05, 4.69) is 33.0 Å². The van der Waals surface area contributed by atoms with Crippen LogP contribution >= 0.6 is 27.7 Å². The van der Waals surface area contributed by atoms with E-state index in [0.717, 1.165) is 28.8 Å². The molecule has 1 aliphatic rings. The van der Waals surface area contributed by atoms with Crippen LogP contribution in [0.1, 0.15) is 12.0 Å². The van der Waals surface area contributed by atoms with Gasteiger partial charge >= 0.3 is 0 Å². The fourth-order valence-electron chi connectivity index (χ4n) is 1.83. The Morgan fingerprint density at radius 2 is 2.12 bits per heavy atom. The first-order valence-corrected chi connectivity index (χ1v) is 7.28. The summed E-state index contributed by atoms with van der Waals surface area (Å²) < 4.78 is 0.985. The number of hydrogen-bond acceptors (Lipinski definition) is 3. The zero-order chi connectivity index (χ0) is 11.4. The van der Waals surface area contributed by atoms with Gasteiger partial charge in [-0.1, -0.05) is 15.9 Å². The third-order valence-corrected chi connectivity index (χ3v) is 4.11.